The Morgan fingerprint density at radius 1 is 1.69 bits per heavy atom. The highest BCUT2D eigenvalue weighted by atomic mass is 31.2. The Labute approximate surface area is 79.4 Å². The monoisotopic (exact) mass is 194 g/mol. The molecule has 0 aliphatic rings. The van der Waals surface area contributed by atoms with E-state index in [2.05, 4.69) is 29.6 Å². The molecule has 0 rings (SSSR count). The molecule has 0 spiro atoms. The van der Waals surface area contributed by atoms with Gasteiger partial charge in [-0.25, -0.2) is 0 Å². The maximum Gasteiger partial charge on any atom is 0.208 e. The van der Waals surface area contributed by atoms with E-state index in [9.17, 15) is 4.57 Å². The summed E-state index contributed by atoms with van der Waals surface area (Å²) in [5, 5.41) is 0. The zero-order valence-corrected chi connectivity index (χ0v) is 8.43. The van der Waals surface area contributed by atoms with Crippen LogP contribution in [-0.4, -0.2) is 13.0 Å². The van der Waals surface area contributed by atoms with E-state index in [1.54, 1.807) is 6.92 Å². The summed E-state index contributed by atoms with van der Waals surface area (Å²) in [6.45, 7) is 10.0. The number of hydrogen-bond acceptors (Lipinski definition) is 2. The predicted octanol–water partition coefficient (Wildman–Crippen LogP) is 2.47. The predicted molar refractivity (Wildman–Crippen MR) is 53.4 cm³/mol. The van der Waals surface area contributed by atoms with Crippen LogP contribution in [-0.2, 0) is 9.30 Å². The highest BCUT2D eigenvalue weighted by molar-refractivity contribution is 7.71. The molecule has 0 aliphatic heterocycles. The second kappa shape index (κ2) is 6.55. The Morgan fingerprint density at radius 2 is 2.38 bits per heavy atom. The first-order chi connectivity index (χ1) is 6.18. The van der Waals surface area contributed by atoms with Crippen LogP contribution in [0.15, 0.2) is 23.9 Å². The molecular weight excluding hydrogens is 183 g/mol. The fourth-order valence-electron chi connectivity index (χ4n) is 0.629. The van der Waals surface area contributed by atoms with Gasteiger partial charge in [-0.3, -0.25) is 0 Å². The van der Waals surface area contributed by atoms with E-state index in [0.717, 1.165) is 0 Å². The average Bonchev–Trinajstić information content (AvgIpc) is 2.12. The van der Waals surface area contributed by atoms with Crippen molar-refractivity contribution in [2.45, 2.75) is 6.92 Å². The molecule has 0 bridgehead atoms. The quantitative estimate of drug-likeness (QED) is 0.390. The Morgan fingerprint density at radius 3 is 2.85 bits per heavy atom. The summed E-state index contributed by atoms with van der Waals surface area (Å²) in [4.78, 5) is 0. The molecular formula is C10H11O2P. The Bertz CT molecular complexity index is 334. The molecule has 13 heavy (non-hydrogen) atoms. The van der Waals surface area contributed by atoms with E-state index >= 15 is 0 Å². The average molecular weight is 194 g/mol. The van der Waals surface area contributed by atoms with Crippen LogP contribution in [0.4, 0.5) is 0 Å². The second-order valence-electron chi connectivity index (χ2n) is 2.11. The Hall–Kier alpha value is -0.950. The number of rotatable bonds is 4. The van der Waals surface area contributed by atoms with Gasteiger partial charge in [-0.2, -0.15) is 0 Å². The summed E-state index contributed by atoms with van der Waals surface area (Å²) in [7, 11) is -2.75. The molecule has 68 valence electrons. The lowest BCUT2D eigenvalue weighted by molar-refractivity contribution is 0.208. The van der Waals surface area contributed by atoms with Crippen molar-refractivity contribution in [1.82, 2.24) is 0 Å². The molecule has 1 atom stereocenters. The maximum atomic E-state index is 11.8. The van der Waals surface area contributed by atoms with Crippen molar-refractivity contribution in [2.24, 2.45) is 0 Å². The minimum absolute atomic E-state index is 0.0129. The lowest BCUT2D eigenvalue weighted by Crippen LogP contribution is -1.92. The minimum atomic E-state index is -2.75. The summed E-state index contributed by atoms with van der Waals surface area (Å²) >= 11 is 0. The molecule has 0 aliphatic carbocycles. The highest BCUT2D eigenvalue weighted by Gasteiger charge is 2.14. The minimum Gasteiger partial charge on any atom is -0.372 e. The third-order valence-corrected chi connectivity index (χ3v) is 2.79. The molecule has 0 aromatic rings. The van der Waals surface area contributed by atoms with Crippen molar-refractivity contribution in [3.8, 4) is 11.6 Å². The normalized spacial score (nSPS) is 12.8. The van der Waals surface area contributed by atoms with Crippen LogP contribution >= 0.6 is 7.14 Å². The molecule has 2 nitrogen and oxygen atoms in total. The van der Waals surface area contributed by atoms with Crippen molar-refractivity contribution in [1.29, 1.82) is 0 Å². The third-order valence-electron chi connectivity index (χ3n) is 1.08. The molecule has 0 heterocycles. The fraction of sp³-hybridized carbons (Fsp3) is 0.300. The van der Waals surface area contributed by atoms with E-state index in [-0.39, 0.29) is 13.0 Å². The van der Waals surface area contributed by atoms with Gasteiger partial charge in [0.25, 0.3) is 0 Å². The van der Waals surface area contributed by atoms with Crippen LogP contribution in [0.5, 0.6) is 0 Å². The van der Waals surface area contributed by atoms with Gasteiger partial charge < -0.3 is 9.30 Å². The second-order valence-corrected chi connectivity index (χ2v) is 4.44. The van der Waals surface area contributed by atoms with Gasteiger partial charge in [0.05, 0.1) is 6.61 Å². The largest absolute Gasteiger partial charge is 0.372 e. The Kier molecular flexibility index (Phi) is 6.07. The summed E-state index contributed by atoms with van der Waals surface area (Å²) in [5.41, 5.74) is 7.45. The summed E-state index contributed by atoms with van der Waals surface area (Å²) < 4.78 is 16.6. The van der Waals surface area contributed by atoms with Gasteiger partial charge in [0.1, 0.15) is 6.35 Å². The van der Waals surface area contributed by atoms with Crippen LogP contribution in [0.2, 0.25) is 0 Å². The first-order valence-electron chi connectivity index (χ1n) is 3.61. The zero-order chi connectivity index (χ0) is 10.2. The zero-order valence-electron chi connectivity index (χ0n) is 7.54. The van der Waals surface area contributed by atoms with Crippen molar-refractivity contribution in [3.63, 3.8) is 0 Å². The van der Waals surface area contributed by atoms with Gasteiger partial charge in [-0.1, -0.05) is 17.4 Å². The standard InChI is InChI=1S/C10H11O2P/c1-4-7-9-13(11,8-5-2)10-12-6-3/h3,9H,1,6,10H2,2H3. The first-order valence-corrected chi connectivity index (χ1v) is 5.57. The fourth-order valence-corrected chi connectivity index (χ4v) is 1.89. The molecule has 0 saturated carbocycles. The molecule has 0 amide bonds. The van der Waals surface area contributed by atoms with Gasteiger partial charge in [0.2, 0.25) is 7.14 Å². The van der Waals surface area contributed by atoms with Crippen LogP contribution in [0.25, 0.3) is 0 Å². The van der Waals surface area contributed by atoms with E-state index in [0.29, 0.717) is 0 Å². The van der Waals surface area contributed by atoms with Gasteiger partial charge in [-0.05, 0) is 26.1 Å². The number of ether oxygens (including phenoxy) is 1. The third kappa shape index (κ3) is 5.31. The molecule has 0 N–H and O–H groups in total. The van der Waals surface area contributed by atoms with Crippen molar-refractivity contribution in [2.75, 3.05) is 13.0 Å². The topological polar surface area (TPSA) is 26.3 Å². The Balaban J connectivity index is 4.70. The molecule has 1 unspecified atom stereocenters. The first kappa shape index (κ1) is 12.0. The van der Waals surface area contributed by atoms with Crippen LogP contribution in [0.1, 0.15) is 6.92 Å². The SMILES string of the molecule is [CH]COCP(=O)(C#CC)C=C=C=C. The number of hydrogen-bond donors (Lipinski definition) is 0. The molecule has 0 aromatic carbocycles. The highest BCUT2D eigenvalue weighted by Crippen LogP contribution is 2.45. The molecule has 0 aromatic heterocycles. The van der Waals surface area contributed by atoms with Gasteiger partial charge in [0.15, 0.2) is 0 Å². The molecule has 3 heteroatoms. The van der Waals surface area contributed by atoms with Gasteiger partial charge in [0, 0.05) is 5.82 Å². The van der Waals surface area contributed by atoms with Crippen LogP contribution in [0, 0.1) is 18.5 Å². The van der Waals surface area contributed by atoms with E-state index in [1.807, 2.05) is 0 Å². The van der Waals surface area contributed by atoms with Crippen molar-refractivity contribution >= 4 is 7.14 Å². The smallest absolute Gasteiger partial charge is 0.208 e. The summed E-state index contributed by atoms with van der Waals surface area (Å²) in [5.74, 6) is 3.91. The summed E-state index contributed by atoms with van der Waals surface area (Å²) in [6, 6.07) is 0. The van der Waals surface area contributed by atoms with E-state index < -0.39 is 7.14 Å². The molecule has 2 radical (unpaired) electrons. The van der Waals surface area contributed by atoms with Crippen molar-refractivity contribution in [3.05, 3.63) is 30.8 Å². The van der Waals surface area contributed by atoms with E-state index in [1.165, 1.54) is 5.82 Å². The lowest BCUT2D eigenvalue weighted by atomic mass is 10.8. The molecule has 0 saturated heterocycles. The van der Waals surface area contributed by atoms with E-state index in [4.69, 9.17) is 11.7 Å². The lowest BCUT2D eigenvalue weighted by Gasteiger charge is -2.04. The molecule has 0 fully saturated rings. The van der Waals surface area contributed by atoms with Gasteiger partial charge in [-0.15, -0.1) is 0 Å². The van der Waals surface area contributed by atoms with Crippen molar-refractivity contribution < 1.29 is 9.30 Å². The van der Waals surface area contributed by atoms with Crippen LogP contribution in [0.3, 0.4) is 0 Å². The maximum absolute atomic E-state index is 11.8. The van der Waals surface area contributed by atoms with Crippen LogP contribution < -0.4 is 0 Å². The summed E-state index contributed by atoms with van der Waals surface area (Å²) in [6.07, 6.45) is 0.0129. The van der Waals surface area contributed by atoms with Gasteiger partial charge >= 0.3 is 0 Å².